The summed E-state index contributed by atoms with van der Waals surface area (Å²) in [5.74, 6) is 0. The van der Waals surface area contributed by atoms with E-state index in [4.69, 9.17) is 15.4 Å². The summed E-state index contributed by atoms with van der Waals surface area (Å²) >= 11 is 0. The van der Waals surface area contributed by atoms with Crippen LogP contribution in [0, 0.1) is 50.9 Å². The van der Waals surface area contributed by atoms with Crippen molar-refractivity contribution in [3.8, 4) is 6.07 Å². The maximum absolute atomic E-state index is 8.51. The molecule has 116 valence electrons. The molecule has 6 heteroatoms. The highest BCUT2D eigenvalue weighted by atomic mass is 16.6. The van der Waals surface area contributed by atoms with E-state index < -0.39 is 0 Å². The number of nitrogens with zero attached hydrogens (tertiary/aromatic N) is 4. The van der Waals surface area contributed by atoms with Crippen molar-refractivity contribution in [1.82, 2.24) is 9.97 Å². The lowest BCUT2D eigenvalue weighted by Crippen LogP contribution is -1.86. The van der Waals surface area contributed by atoms with Crippen molar-refractivity contribution in [2.45, 2.75) is 34.6 Å². The van der Waals surface area contributed by atoms with Crippen LogP contribution in [0.5, 0.6) is 0 Å². The van der Waals surface area contributed by atoms with Gasteiger partial charge in [0.15, 0.2) is 5.34 Å². The molecular formula is C16H20N4O2. The Bertz CT molecular complexity index is 593. The monoisotopic (exact) mass is 300 g/mol. The van der Waals surface area contributed by atoms with E-state index in [-0.39, 0.29) is 0 Å². The molecule has 0 saturated heterocycles. The molecule has 1 N–H and O–H groups in total. The lowest BCUT2D eigenvalue weighted by Gasteiger charge is -1.96. The largest absolute Gasteiger partial charge is 0.379 e. The normalized spacial score (nSPS) is 8.55. The van der Waals surface area contributed by atoms with Crippen LogP contribution < -0.4 is 0 Å². The Morgan fingerprint density at radius 1 is 0.909 bits per heavy atom. The van der Waals surface area contributed by atoms with Gasteiger partial charge >= 0.3 is 0 Å². The summed E-state index contributed by atoms with van der Waals surface area (Å²) in [4.78, 5) is 16.5. The first-order valence-electron chi connectivity index (χ1n) is 6.56. The zero-order valence-electron chi connectivity index (χ0n) is 13.5. The zero-order valence-corrected chi connectivity index (χ0v) is 13.5. The minimum Gasteiger partial charge on any atom is -0.379 e. The predicted molar refractivity (Wildman–Crippen MR) is 84.5 cm³/mol. The fourth-order valence-corrected chi connectivity index (χ4v) is 1.94. The van der Waals surface area contributed by atoms with Crippen molar-refractivity contribution in [1.29, 1.82) is 5.26 Å². The Hall–Kier alpha value is -2.81. The molecule has 0 unspecified atom stereocenters. The van der Waals surface area contributed by atoms with Gasteiger partial charge in [-0.05, 0) is 64.4 Å². The second-order valence-corrected chi connectivity index (χ2v) is 4.76. The van der Waals surface area contributed by atoms with E-state index in [1.807, 2.05) is 27.7 Å². The van der Waals surface area contributed by atoms with E-state index in [0.717, 1.165) is 22.8 Å². The predicted octanol–water partition coefficient (Wildman–Crippen LogP) is 3.72. The van der Waals surface area contributed by atoms with E-state index >= 15 is 0 Å². The summed E-state index contributed by atoms with van der Waals surface area (Å²) < 4.78 is 0. The van der Waals surface area contributed by atoms with Crippen LogP contribution in [-0.4, -0.2) is 15.2 Å². The number of aromatic nitrogens is 2. The van der Waals surface area contributed by atoms with Gasteiger partial charge in [-0.15, -0.1) is 4.91 Å². The van der Waals surface area contributed by atoms with Gasteiger partial charge in [-0.1, -0.05) is 0 Å². The molecule has 0 aliphatic carbocycles. The Kier molecular flexibility index (Phi) is 8.72. The molecule has 2 rings (SSSR count). The molecule has 0 atom stereocenters. The second kappa shape index (κ2) is 10.00. The van der Waals surface area contributed by atoms with Crippen LogP contribution in [0.1, 0.15) is 33.9 Å². The van der Waals surface area contributed by atoms with Gasteiger partial charge in [-0.2, -0.15) is 5.26 Å². The average molecular weight is 300 g/mol. The van der Waals surface area contributed by atoms with Crippen LogP contribution in [0.25, 0.3) is 0 Å². The summed E-state index contributed by atoms with van der Waals surface area (Å²) in [7, 11) is 0. The molecule has 0 saturated carbocycles. The quantitative estimate of drug-likeness (QED) is 0.590. The van der Waals surface area contributed by atoms with Gasteiger partial charge < -0.3 is 5.21 Å². The number of hydrogen-bond donors (Lipinski definition) is 1. The number of rotatable bonds is 0. The molecule has 0 spiro atoms. The molecule has 0 amide bonds. The molecule has 22 heavy (non-hydrogen) atoms. The Morgan fingerprint density at radius 3 is 1.50 bits per heavy atom. The molecule has 2 aromatic heterocycles. The van der Waals surface area contributed by atoms with Crippen LogP contribution in [0.2, 0.25) is 0 Å². The summed E-state index contributed by atoms with van der Waals surface area (Å²) in [6, 6.07) is 9.76. The van der Waals surface area contributed by atoms with Gasteiger partial charge in [0.05, 0.1) is 11.6 Å². The molecule has 0 aromatic carbocycles. The van der Waals surface area contributed by atoms with Gasteiger partial charge in [0, 0.05) is 22.8 Å². The van der Waals surface area contributed by atoms with E-state index in [0.29, 0.717) is 5.56 Å². The Balaban J connectivity index is 0.000000342. The molecule has 0 bridgehead atoms. The fourth-order valence-electron chi connectivity index (χ4n) is 1.94. The van der Waals surface area contributed by atoms with Gasteiger partial charge in [-0.3, -0.25) is 9.97 Å². The number of pyridine rings is 2. The summed E-state index contributed by atoms with van der Waals surface area (Å²) in [6.07, 6.45) is 0. The average Bonchev–Trinajstić information content (AvgIpc) is 2.37. The third kappa shape index (κ3) is 8.38. The third-order valence-corrected chi connectivity index (χ3v) is 2.44. The SMILES string of the molecule is Cc1cc(C#N)cc(C)n1.Cc1cc(C)nc(C)c1.O=NO. The third-order valence-electron chi connectivity index (χ3n) is 2.44. The molecule has 2 aromatic rings. The first-order chi connectivity index (χ1) is 10.3. The number of nitriles is 1. The van der Waals surface area contributed by atoms with Gasteiger partial charge in [0.25, 0.3) is 0 Å². The molecule has 0 aliphatic heterocycles. The zero-order chi connectivity index (χ0) is 17.1. The molecule has 2 heterocycles. The number of hydrogen-bond acceptors (Lipinski definition) is 5. The number of aryl methyl sites for hydroxylation is 5. The van der Waals surface area contributed by atoms with E-state index in [1.165, 1.54) is 10.9 Å². The summed E-state index contributed by atoms with van der Waals surface area (Å²) in [5, 5.41) is 16.4. The van der Waals surface area contributed by atoms with Crippen molar-refractivity contribution < 1.29 is 5.21 Å². The maximum Gasteiger partial charge on any atom is 0.152 e. The summed E-state index contributed by atoms with van der Waals surface area (Å²) in [5.41, 5.74) is 5.98. The van der Waals surface area contributed by atoms with Crippen LogP contribution in [0.3, 0.4) is 0 Å². The first kappa shape index (κ1) is 19.2. The molecular weight excluding hydrogens is 280 g/mol. The van der Waals surface area contributed by atoms with Gasteiger partial charge in [-0.25, -0.2) is 0 Å². The van der Waals surface area contributed by atoms with Crippen molar-refractivity contribution in [3.05, 3.63) is 63.1 Å². The van der Waals surface area contributed by atoms with Crippen LogP contribution in [0.4, 0.5) is 0 Å². The molecule has 0 fully saturated rings. The highest BCUT2D eigenvalue weighted by Gasteiger charge is 1.93. The van der Waals surface area contributed by atoms with Crippen LogP contribution in [0.15, 0.2) is 29.6 Å². The second-order valence-electron chi connectivity index (χ2n) is 4.76. The fraction of sp³-hybridized carbons (Fsp3) is 0.312. The van der Waals surface area contributed by atoms with Crippen molar-refractivity contribution in [2.24, 2.45) is 5.34 Å². The molecule has 6 nitrogen and oxygen atoms in total. The Labute approximate surface area is 130 Å². The highest BCUT2D eigenvalue weighted by Crippen LogP contribution is 2.02. The van der Waals surface area contributed by atoms with Crippen molar-refractivity contribution in [3.63, 3.8) is 0 Å². The van der Waals surface area contributed by atoms with E-state index in [2.05, 4.69) is 35.1 Å². The maximum atomic E-state index is 8.51. The Morgan fingerprint density at radius 2 is 1.23 bits per heavy atom. The van der Waals surface area contributed by atoms with Crippen molar-refractivity contribution in [2.75, 3.05) is 0 Å². The minimum absolute atomic E-state index is 0.685. The topological polar surface area (TPSA) is 99.2 Å². The van der Waals surface area contributed by atoms with E-state index in [1.54, 1.807) is 12.1 Å². The van der Waals surface area contributed by atoms with Gasteiger partial charge in [0.2, 0.25) is 0 Å². The minimum atomic E-state index is 0.685. The van der Waals surface area contributed by atoms with Crippen molar-refractivity contribution >= 4 is 0 Å². The first-order valence-corrected chi connectivity index (χ1v) is 6.56. The van der Waals surface area contributed by atoms with Crippen LogP contribution in [-0.2, 0) is 0 Å². The molecule has 0 aliphatic rings. The lowest BCUT2D eigenvalue weighted by atomic mass is 10.2. The lowest BCUT2D eigenvalue weighted by molar-refractivity contribution is 0.312. The van der Waals surface area contributed by atoms with E-state index in [9.17, 15) is 0 Å². The standard InChI is InChI=1S/C8H8N2.C8H11N.HNO2/c1-6-3-8(5-9)4-7(2)10-6;1-6-4-7(2)9-8(3)5-6;2-1-3/h3-4H,1-2H3;4-5H,1-3H3;(H,2,3). The van der Waals surface area contributed by atoms with Crippen LogP contribution >= 0.6 is 0 Å². The highest BCUT2D eigenvalue weighted by molar-refractivity contribution is 5.31. The smallest absolute Gasteiger partial charge is 0.152 e. The summed E-state index contributed by atoms with van der Waals surface area (Å²) in [6.45, 7) is 9.88. The van der Waals surface area contributed by atoms with Gasteiger partial charge in [0.1, 0.15) is 0 Å². The molecule has 0 radical (unpaired) electrons.